The zero-order chi connectivity index (χ0) is 24.3. The molecule has 2 heterocycles. The van der Waals surface area contributed by atoms with E-state index in [0.717, 1.165) is 42.8 Å². The van der Waals surface area contributed by atoms with E-state index in [1.54, 1.807) is 6.20 Å². The number of aromatic nitrogens is 4. The van der Waals surface area contributed by atoms with E-state index in [9.17, 15) is 10.4 Å². The second-order valence-corrected chi connectivity index (χ2v) is 9.88. The van der Waals surface area contributed by atoms with Crippen LogP contribution in [0.3, 0.4) is 0 Å². The van der Waals surface area contributed by atoms with Gasteiger partial charge < -0.3 is 15.7 Å². The van der Waals surface area contributed by atoms with Crippen LogP contribution in [0.1, 0.15) is 55.6 Å². The molecule has 34 heavy (non-hydrogen) atoms. The number of aliphatic hydroxyl groups excluding tert-OH is 1. The fraction of sp³-hybridized carbons (Fsp3) is 0.462. The molecular formula is C26H33N7O. The van der Waals surface area contributed by atoms with Gasteiger partial charge >= 0.3 is 0 Å². The number of nitriles is 1. The zero-order valence-corrected chi connectivity index (χ0v) is 20.3. The van der Waals surface area contributed by atoms with E-state index in [-0.39, 0.29) is 17.6 Å². The molecule has 2 aromatic heterocycles. The molecule has 1 saturated carbocycles. The fourth-order valence-corrected chi connectivity index (χ4v) is 4.61. The summed E-state index contributed by atoms with van der Waals surface area (Å²) in [6, 6.07) is 12.8. The summed E-state index contributed by atoms with van der Waals surface area (Å²) in [5.41, 5.74) is 4.63. The molecule has 4 rings (SSSR count). The van der Waals surface area contributed by atoms with Crippen molar-refractivity contribution in [2.24, 2.45) is 5.41 Å². The lowest BCUT2D eigenvalue weighted by atomic mass is 9.73. The van der Waals surface area contributed by atoms with Gasteiger partial charge in [0, 0.05) is 18.3 Å². The summed E-state index contributed by atoms with van der Waals surface area (Å²) in [5, 5.41) is 30.9. The van der Waals surface area contributed by atoms with Crippen molar-refractivity contribution >= 4 is 11.8 Å². The summed E-state index contributed by atoms with van der Waals surface area (Å²) in [5.74, 6) is 1.04. The predicted molar refractivity (Wildman–Crippen MR) is 133 cm³/mol. The first kappa shape index (κ1) is 23.7. The van der Waals surface area contributed by atoms with Gasteiger partial charge in [0.25, 0.3) is 0 Å². The highest BCUT2D eigenvalue weighted by molar-refractivity contribution is 5.54. The van der Waals surface area contributed by atoms with Crippen LogP contribution in [0, 0.1) is 30.6 Å². The molecule has 0 saturated heterocycles. The number of hydrogen-bond donors (Lipinski definition) is 3. The van der Waals surface area contributed by atoms with Crippen molar-refractivity contribution < 1.29 is 5.11 Å². The molecule has 0 spiro atoms. The van der Waals surface area contributed by atoms with E-state index in [1.165, 1.54) is 5.56 Å². The third-order valence-electron chi connectivity index (χ3n) is 6.60. The van der Waals surface area contributed by atoms with E-state index in [1.807, 2.05) is 11.6 Å². The molecule has 0 amide bonds. The van der Waals surface area contributed by atoms with Gasteiger partial charge in [-0.1, -0.05) is 26.0 Å². The number of hydrogen-bond acceptors (Lipinski definition) is 7. The van der Waals surface area contributed by atoms with Gasteiger partial charge in [0.05, 0.1) is 23.7 Å². The Morgan fingerprint density at radius 2 is 1.97 bits per heavy atom. The molecule has 3 aromatic rings. The van der Waals surface area contributed by atoms with Crippen molar-refractivity contribution in [3.05, 3.63) is 59.0 Å². The maximum absolute atomic E-state index is 10.2. The SMILES string of the molecule is Cc1cc(C)n(-c2ccc(CCNc3ncc(C#N)c(N[C@@H]4CC[C@H](O)C(C)(C)C4)n3)cc2)n1. The first-order valence-electron chi connectivity index (χ1n) is 11.8. The molecule has 3 N–H and O–H groups in total. The smallest absolute Gasteiger partial charge is 0.224 e. The summed E-state index contributed by atoms with van der Waals surface area (Å²) in [7, 11) is 0. The predicted octanol–water partition coefficient (Wildman–Crippen LogP) is 4.16. The Morgan fingerprint density at radius 1 is 1.21 bits per heavy atom. The van der Waals surface area contributed by atoms with Crippen LogP contribution in [-0.4, -0.2) is 43.5 Å². The molecule has 1 fully saturated rings. The van der Waals surface area contributed by atoms with Gasteiger partial charge in [-0.3, -0.25) is 0 Å². The van der Waals surface area contributed by atoms with Gasteiger partial charge in [-0.05, 0) is 68.7 Å². The quantitative estimate of drug-likeness (QED) is 0.486. The van der Waals surface area contributed by atoms with E-state index in [2.05, 4.69) is 82.9 Å². The van der Waals surface area contributed by atoms with Crippen molar-refractivity contribution in [3.8, 4) is 11.8 Å². The standard InChI is InChI=1S/C26H33N7O/c1-17-13-18(2)33(32-17)22-8-5-19(6-9-22)11-12-28-25-29-16-20(15-27)24(31-25)30-21-7-10-23(34)26(3,4)14-21/h5-6,8-9,13,16,21,23,34H,7,10-12,14H2,1-4H3,(H2,28,29,30,31)/t21-,23+/m1/s1. The first-order chi connectivity index (χ1) is 16.2. The van der Waals surface area contributed by atoms with E-state index >= 15 is 0 Å². The maximum Gasteiger partial charge on any atom is 0.224 e. The van der Waals surface area contributed by atoms with Gasteiger partial charge in [0.15, 0.2) is 0 Å². The Morgan fingerprint density at radius 3 is 2.62 bits per heavy atom. The Balaban J connectivity index is 1.36. The number of aliphatic hydroxyl groups is 1. The minimum atomic E-state index is -0.301. The van der Waals surface area contributed by atoms with Crippen LogP contribution in [0.15, 0.2) is 36.5 Å². The van der Waals surface area contributed by atoms with Crippen molar-refractivity contribution in [1.29, 1.82) is 5.26 Å². The first-order valence-corrected chi connectivity index (χ1v) is 11.8. The normalized spacial score (nSPS) is 19.4. The van der Waals surface area contributed by atoms with Crippen LogP contribution in [-0.2, 0) is 6.42 Å². The summed E-state index contributed by atoms with van der Waals surface area (Å²) in [4.78, 5) is 8.88. The lowest BCUT2D eigenvalue weighted by Crippen LogP contribution is -2.41. The number of aryl methyl sites for hydroxylation is 2. The molecule has 0 aliphatic heterocycles. The van der Waals surface area contributed by atoms with E-state index in [0.29, 0.717) is 23.9 Å². The Bertz CT molecular complexity index is 1180. The number of nitrogens with zero attached hydrogens (tertiary/aromatic N) is 5. The van der Waals surface area contributed by atoms with Crippen molar-refractivity contribution in [2.75, 3.05) is 17.2 Å². The monoisotopic (exact) mass is 459 g/mol. The number of benzene rings is 1. The van der Waals surface area contributed by atoms with Gasteiger partial charge in [-0.15, -0.1) is 0 Å². The highest BCUT2D eigenvalue weighted by Crippen LogP contribution is 2.37. The number of anilines is 2. The van der Waals surface area contributed by atoms with Crippen molar-refractivity contribution in [2.45, 2.75) is 65.5 Å². The van der Waals surface area contributed by atoms with Crippen LogP contribution < -0.4 is 10.6 Å². The van der Waals surface area contributed by atoms with Crippen molar-refractivity contribution in [3.63, 3.8) is 0 Å². The highest BCUT2D eigenvalue weighted by Gasteiger charge is 2.35. The lowest BCUT2D eigenvalue weighted by Gasteiger charge is -2.40. The molecule has 1 aliphatic rings. The largest absolute Gasteiger partial charge is 0.393 e. The van der Waals surface area contributed by atoms with Gasteiger partial charge in [0.1, 0.15) is 17.5 Å². The Kier molecular flexibility index (Phi) is 6.85. The average Bonchev–Trinajstić information content (AvgIpc) is 3.14. The Hall–Kier alpha value is -3.44. The van der Waals surface area contributed by atoms with E-state index < -0.39 is 0 Å². The van der Waals surface area contributed by atoms with Crippen LogP contribution in [0.25, 0.3) is 5.69 Å². The molecule has 0 bridgehead atoms. The average molecular weight is 460 g/mol. The zero-order valence-electron chi connectivity index (χ0n) is 20.3. The molecule has 1 aliphatic carbocycles. The highest BCUT2D eigenvalue weighted by atomic mass is 16.3. The van der Waals surface area contributed by atoms with Gasteiger partial charge in [-0.2, -0.15) is 15.3 Å². The minimum absolute atomic E-state index is 0.161. The van der Waals surface area contributed by atoms with Gasteiger partial charge in [-0.25, -0.2) is 9.67 Å². The summed E-state index contributed by atoms with van der Waals surface area (Å²) in [6.07, 6.45) is 4.48. The third-order valence-corrected chi connectivity index (χ3v) is 6.60. The van der Waals surface area contributed by atoms with Crippen LogP contribution in [0.4, 0.5) is 11.8 Å². The second-order valence-electron chi connectivity index (χ2n) is 9.88. The number of nitrogens with one attached hydrogen (secondary N) is 2. The third kappa shape index (κ3) is 5.37. The fourth-order valence-electron chi connectivity index (χ4n) is 4.61. The molecule has 2 atom stereocenters. The molecule has 8 nitrogen and oxygen atoms in total. The molecule has 8 heteroatoms. The molecular weight excluding hydrogens is 426 g/mol. The Labute approximate surface area is 201 Å². The van der Waals surface area contributed by atoms with Crippen LogP contribution in [0.5, 0.6) is 0 Å². The lowest BCUT2D eigenvalue weighted by molar-refractivity contribution is 0.00926. The minimum Gasteiger partial charge on any atom is -0.393 e. The molecule has 0 unspecified atom stereocenters. The summed E-state index contributed by atoms with van der Waals surface area (Å²) < 4.78 is 1.95. The van der Waals surface area contributed by atoms with E-state index in [4.69, 9.17) is 0 Å². The second kappa shape index (κ2) is 9.82. The summed E-state index contributed by atoms with van der Waals surface area (Å²) >= 11 is 0. The summed E-state index contributed by atoms with van der Waals surface area (Å²) in [6.45, 7) is 8.88. The molecule has 178 valence electrons. The van der Waals surface area contributed by atoms with Gasteiger partial charge in [0.2, 0.25) is 5.95 Å². The molecule has 0 radical (unpaired) electrons. The maximum atomic E-state index is 10.2. The van der Waals surface area contributed by atoms with Crippen LogP contribution >= 0.6 is 0 Å². The van der Waals surface area contributed by atoms with Crippen LogP contribution in [0.2, 0.25) is 0 Å². The molecule has 1 aromatic carbocycles. The van der Waals surface area contributed by atoms with Crippen molar-refractivity contribution in [1.82, 2.24) is 19.7 Å². The number of rotatable bonds is 7. The topological polar surface area (TPSA) is 112 Å².